The summed E-state index contributed by atoms with van der Waals surface area (Å²) in [5.41, 5.74) is -1.61. The zero-order chi connectivity index (χ0) is 15.6. The third-order valence-electron chi connectivity index (χ3n) is 2.48. The lowest BCUT2D eigenvalue weighted by Crippen LogP contribution is -2.14. The summed E-state index contributed by atoms with van der Waals surface area (Å²) in [5, 5.41) is 38.5. The Morgan fingerprint density at radius 3 is 2.62 bits per heavy atom. The maximum absolute atomic E-state index is 11.9. The van der Waals surface area contributed by atoms with Crippen LogP contribution in [0.3, 0.4) is 0 Å². The number of carbonyl (C=O) groups excluding carboxylic acids is 1. The molecule has 1 aromatic carbocycles. The Morgan fingerprint density at radius 2 is 2.00 bits per heavy atom. The average Bonchev–Trinajstić information content (AvgIpc) is 2.90. The number of hydrogen-bond acceptors (Lipinski definition) is 7. The van der Waals surface area contributed by atoms with Gasteiger partial charge in [0.15, 0.2) is 0 Å². The van der Waals surface area contributed by atoms with E-state index in [0.29, 0.717) is 0 Å². The first kappa shape index (κ1) is 13.9. The number of aromatic nitrogens is 2. The molecule has 21 heavy (non-hydrogen) atoms. The highest BCUT2D eigenvalue weighted by Crippen LogP contribution is 2.28. The Hall–Kier alpha value is -3.50. The van der Waals surface area contributed by atoms with Gasteiger partial charge in [-0.1, -0.05) is 0 Å². The van der Waals surface area contributed by atoms with Gasteiger partial charge < -0.3 is 10.4 Å². The largest absolute Gasteiger partial charge is 0.506 e. The number of nitro groups is 2. The van der Waals surface area contributed by atoms with Gasteiger partial charge in [-0.3, -0.25) is 30.1 Å². The molecule has 1 aromatic heterocycles. The minimum absolute atomic E-state index is 0.252. The van der Waals surface area contributed by atoms with E-state index in [1.54, 1.807) is 0 Å². The van der Waals surface area contributed by atoms with Crippen molar-refractivity contribution in [2.24, 2.45) is 0 Å². The van der Waals surface area contributed by atoms with Gasteiger partial charge in [0, 0.05) is 12.1 Å². The van der Waals surface area contributed by atoms with Crippen LogP contribution >= 0.6 is 0 Å². The van der Waals surface area contributed by atoms with Crippen LogP contribution in [0, 0.1) is 20.2 Å². The van der Waals surface area contributed by atoms with Crippen molar-refractivity contribution in [3.63, 3.8) is 0 Å². The second kappa shape index (κ2) is 5.24. The summed E-state index contributed by atoms with van der Waals surface area (Å²) in [6.07, 6.45) is 0.849. The molecule has 11 heteroatoms. The van der Waals surface area contributed by atoms with Crippen LogP contribution in [-0.2, 0) is 0 Å². The molecule has 3 N–H and O–H groups in total. The van der Waals surface area contributed by atoms with E-state index in [4.69, 9.17) is 0 Å². The van der Waals surface area contributed by atoms with Gasteiger partial charge in [0.25, 0.3) is 11.6 Å². The van der Waals surface area contributed by atoms with Crippen molar-refractivity contribution in [2.75, 3.05) is 5.32 Å². The van der Waals surface area contributed by atoms with Crippen LogP contribution in [0.15, 0.2) is 24.4 Å². The fraction of sp³-hybridized carbons (Fsp3) is 0. The molecule has 0 radical (unpaired) electrons. The molecule has 0 spiro atoms. The summed E-state index contributed by atoms with van der Waals surface area (Å²) < 4.78 is 0. The van der Waals surface area contributed by atoms with E-state index < -0.39 is 32.9 Å². The summed E-state index contributed by atoms with van der Waals surface area (Å²) in [5.74, 6) is -1.38. The summed E-state index contributed by atoms with van der Waals surface area (Å²) in [6, 6.07) is 2.99. The smallest absolute Gasteiger partial charge is 0.319 e. The maximum atomic E-state index is 11.9. The van der Waals surface area contributed by atoms with E-state index in [1.807, 2.05) is 0 Å². The maximum Gasteiger partial charge on any atom is 0.319 e. The number of rotatable bonds is 4. The number of phenolic OH excluding ortho intramolecular Hbond substituents is 1. The Kier molecular flexibility index (Phi) is 3.47. The van der Waals surface area contributed by atoms with Crippen LogP contribution in [0.25, 0.3) is 0 Å². The molecule has 0 unspecified atom stereocenters. The summed E-state index contributed by atoms with van der Waals surface area (Å²) in [6.45, 7) is 0. The van der Waals surface area contributed by atoms with E-state index in [-0.39, 0.29) is 11.4 Å². The zero-order valence-electron chi connectivity index (χ0n) is 10.1. The van der Waals surface area contributed by atoms with E-state index in [9.17, 15) is 30.1 Å². The highest BCUT2D eigenvalue weighted by Gasteiger charge is 2.24. The van der Waals surface area contributed by atoms with Crippen LogP contribution < -0.4 is 5.32 Å². The molecule has 11 nitrogen and oxygen atoms in total. The number of phenols is 1. The lowest BCUT2D eigenvalue weighted by molar-refractivity contribution is -0.385. The number of benzene rings is 1. The number of carbonyl (C=O) groups is 1. The first-order valence-corrected chi connectivity index (χ1v) is 5.36. The third kappa shape index (κ3) is 2.75. The fourth-order valence-electron chi connectivity index (χ4n) is 1.51. The van der Waals surface area contributed by atoms with Crippen LogP contribution in [0.1, 0.15) is 10.5 Å². The van der Waals surface area contributed by atoms with Gasteiger partial charge in [-0.05, 0) is 6.07 Å². The topological polar surface area (TPSA) is 164 Å². The van der Waals surface area contributed by atoms with Gasteiger partial charge in [0.1, 0.15) is 11.9 Å². The molecule has 1 amide bonds. The summed E-state index contributed by atoms with van der Waals surface area (Å²) in [7, 11) is 0. The number of H-pyrrole nitrogens is 1. The first-order chi connectivity index (χ1) is 9.90. The predicted molar refractivity (Wildman–Crippen MR) is 68.0 cm³/mol. The zero-order valence-corrected chi connectivity index (χ0v) is 10.1. The Bertz CT molecular complexity index is 739. The van der Waals surface area contributed by atoms with Crippen molar-refractivity contribution in [1.29, 1.82) is 0 Å². The third-order valence-corrected chi connectivity index (χ3v) is 2.48. The molecule has 108 valence electrons. The van der Waals surface area contributed by atoms with Crippen LogP contribution in [0.5, 0.6) is 5.75 Å². The van der Waals surface area contributed by atoms with Crippen molar-refractivity contribution in [3.8, 4) is 5.75 Å². The second-order valence-electron chi connectivity index (χ2n) is 3.80. The molecule has 0 saturated heterocycles. The Labute approximate surface area is 115 Å². The lowest BCUT2D eigenvalue weighted by Gasteiger charge is -2.05. The van der Waals surface area contributed by atoms with E-state index in [0.717, 1.165) is 24.4 Å². The van der Waals surface area contributed by atoms with Crippen molar-refractivity contribution in [1.82, 2.24) is 10.2 Å². The molecule has 0 saturated carbocycles. The second-order valence-corrected chi connectivity index (χ2v) is 3.80. The minimum atomic E-state index is -0.963. The number of aromatic hydroxyl groups is 1. The molecule has 0 fully saturated rings. The van der Waals surface area contributed by atoms with Gasteiger partial charge in [-0.25, -0.2) is 0 Å². The standard InChI is InChI=1S/C10H7N5O6/c16-8-2-1-5(14(18)19)3-6(8)12-10(17)9-7(15(20)21)4-11-13-9/h1-4,16H,(H,11,13)(H,12,17). The molecule has 2 aromatic rings. The van der Waals surface area contributed by atoms with E-state index in [1.165, 1.54) is 0 Å². The molecular weight excluding hydrogens is 286 g/mol. The van der Waals surface area contributed by atoms with Crippen LogP contribution in [0.4, 0.5) is 17.1 Å². The molecule has 0 aliphatic heterocycles. The van der Waals surface area contributed by atoms with E-state index in [2.05, 4.69) is 15.5 Å². The number of nitro benzene ring substituents is 1. The van der Waals surface area contributed by atoms with Crippen LogP contribution in [0.2, 0.25) is 0 Å². The molecule has 1 heterocycles. The highest BCUT2D eigenvalue weighted by molar-refractivity contribution is 6.06. The summed E-state index contributed by atoms with van der Waals surface area (Å²) >= 11 is 0. The molecule has 2 rings (SSSR count). The van der Waals surface area contributed by atoms with Crippen LogP contribution in [-0.4, -0.2) is 31.1 Å². The Morgan fingerprint density at radius 1 is 1.29 bits per heavy atom. The van der Waals surface area contributed by atoms with E-state index >= 15 is 0 Å². The molecule has 0 atom stereocenters. The average molecular weight is 293 g/mol. The monoisotopic (exact) mass is 293 g/mol. The van der Waals surface area contributed by atoms with Gasteiger partial charge in [0.2, 0.25) is 5.69 Å². The molecular formula is C10H7N5O6. The minimum Gasteiger partial charge on any atom is -0.506 e. The van der Waals surface area contributed by atoms with Gasteiger partial charge in [0.05, 0.1) is 15.5 Å². The van der Waals surface area contributed by atoms with Gasteiger partial charge >= 0.3 is 5.69 Å². The SMILES string of the molecule is O=C(Nc1cc([N+](=O)[O-])ccc1O)c1[nH]ncc1[N+](=O)[O-]. The number of aromatic amines is 1. The van der Waals surface area contributed by atoms with Gasteiger partial charge in [-0.2, -0.15) is 5.10 Å². The van der Waals surface area contributed by atoms with Gasteiger partial charge in [-0.15, -0.1) is 0 Å². The van der Waals surface area contributed by atoms with Crippen molar-refractivity contribution in [3.05, 3.63) is 50.3 Å². The fourth-order valence-corrected chi connectivity index (χ4v) is 1.51. The van der Waals surface area contributed by atoms with Crippen molar-refractivity contribution in [2.45, 2.75) is 0 Å². The molecule has 0 aliphatic carbocycles. The number of hydrogen-bond donors (Lipinski definition) is 3. The molecule has 0 aliphatic rings. The quantitative estimate of drug-likeness (QED) is 0.432. The Balaban J connectivity index is 2.31. The number of anilines is 1. The number of nitrogens with zero attached hydrogens (tertiary/aromatic N) is 3. The predicted octanol–water partition coefficient (Wildman–Crippen LogP) is 1.18. The van der Waals surface area contributed by atoms with Crippen molar-refractivity contribution >= 4 is 23.0 Å². The number of nitrogens with one attached hydrogen (secondary N) is 2. The highest BCUT2D eigenvalue weighted by atomic mass is 16.6. The lowest BCUT2D eigenvalue weighted by atomic mass is 10.2. The first-order valence-electron chi connectivity index (χ1n) is 5.36. The number of amides is 1. The normalized spacial score (nSPS) is 10.1. The summed E-state index contributed by atoms with van der Waals surface area (Å²) in [4.78, 5) is 31.6. The van der Waals surface area contributed by atoms with Crippen molar-refractivity contribution < 1.29 is 19.7 Å². The molecule has 0 bridgehead atoms. The number of non-ortho nitro benzene ring substituents is 1.